The van der Waals surface area contributed by atoms with Gasteiger partial charge in [0.05, 0.1) is 12.9 Å². The van der Waals surface area contributed by atoms with Crippen LogP contribution in [0.15, 0.2) is 48.5 Å². The third-order valence-electron chi connectivity index (χ3n) is 4.62. The minimum atomic E-state index is -0.247. The van der Waals surface area contributed by atoms with Gasteiger partial charge in [0.25, 0.3) is 0 Å². The quantitative estimate of drug-likeness (QED) is 0.768. The summed E-state index contributed by atoms with van der Waals surface area (Å²) in [6.07, 6.45) is 1.71. The lowest BCUT2D eigenvalue weighted by Gasteiger charge is -2.37. The highest BCUT2D eigenvalue weighted by atomic mass is 32.2. The third-order valence-corrected chi connectivity index (χ3v) is 5.87. The largest absolute Gasteiger partial charge is 0.497 e. The van der Waals surface area contributed by atoms with Gasteiger partial charge in [-0.2, -0.15) is 0 Å². The lowest BCUT2D eigenvalue weighted by molar-refractivity contribution is -0.118. The maximum absolute atomic E-state index is 12.3. The molecule has 27 heavy (non-hydrogen) atoms. The number of methoxy groups -OCH3 is 1. The van der Waals surface area contributed by atoms with Gasteiger partial charge in [0, 0.05) is 23.8 Å². The molecule has 5 heteroatoms. The molecule has 3 rings (SSSR count). The van der Waals surface area contributed by atoms with Crippen molar-refractivity contribution in [2.75, 3.05) is 19.4 Å². The van der Waals surface area contributed by atoms with Crippen LogP contribution in [0.4, 0.5) is 0 Å². The van der Waals surface area contributed by atoms with Crippen LogP contribution in [0, 0.1) is 0 Å². The zero-order chi connectivity index (χ0) is 19.3. The summed E-state index contributed by atoms with van der Waals surface area (Å²) in [6.45, 7) is 4.84. The molecule has 1 heterocycles. The van der Waals surface area contributed by atoms with Crippen LogP contribution in [0.1, 0.15) is 36.6 Å². The summed E-state index contributed by atoms with van der Waals surface area (Å²) in [5, 5.41) is 3.23. The summed E-state index contributed by atoms with van der Waals surface area (Å²) >= 11 is 1.67. The molecule has 1 N–H and O–H groups in total. The number of benzene rings is 2. The summed E-state index contributed by atoms with van der Waals surface area (Å²) < 4.78 is 11.5. The van der Waals surface area contributed by atoms with E-state index in [1.54, 1.807) is 18.9 Å². The minimum Gasteiger partial charge on any atom is -0.497 e. The predicted octanol–water partition coefficient (Wildman–Crippen LogP) is 4.39. The van der Waals surface area contributed by atoms with Crippen molar-refractivity contribution in [1.82, 2.24) is 5.32 Å². The molecule has 0 bridgehead atoms. The molecule has 2 aromatic rings. The SMILES string of the molecule is COc1ccc2c(c1)[C@@H](SCC(=O)NCCc1ccccc1)CC(C)(C)O2. The van der Waals surface area contributed by atoms with E-state index in [4.69, 9.17) is 9.47 Å². The van der Waals surface area contributed by atoms with Gasteiger partial charge in [-0.3, -0.25) is 4.79 Å². The van der Waals surface area contributed by atoms with Crippen molar-refractivity contribution in [1.29, 1.82) is 0 Å². The molecule has 0 radical (unpaired) electrons. The van der Waals surface area contributed by atoms with E-state index in [1.165, 1.54) is 5.56 Å². The van der Waals surface area contributed by atoms with Crippen LogP contribution in [-0.4, -0.2) is 30.9 Å². The average Bonchev–Trinajstić information content (AvgIpc) is 2.66. The molecule has 0 saturated carbocycles. The standard InChI is InChI=1S/C22H27NO3S/c1-22(2)14-20(18-13-17(25-3)9-10-19(18)26-22)27-15-21(24)23-12-11-16-7-5-4-6-8-16/h4-10,13,20H,11-12,14-15H2,1-3H3,(H,23,24)/t20-/m0/s1. The molecule has 0 aromatic heterocycles. The number of carbonyl (C=O) groups is 1. The summed E-state index contributed by atoms with van der Waals surface area (Å²) in [5.74, 6) is 2.21. The number of hydrogen-bond donors (Lipinski definition) is 1. The molecule has 0 aliphatic carbocycles. The molecule has 1 aliphatic heterocycles. The van der Waals surface area contributed by atoms with E-state index in [9.17, 15) is 4.79 Å². The Bertz CT molecular complexity index is 776. The Morgan fingerprint density at radius 1 is 1.26 bits per heavy atom. The second-order valence-electron chi connectivity index (χ2n) is 7.35. The smallest absolute Gasteiger partial charge is 0.230 e. The Balaban J connectivity index is 1.56. The summed E-state index contributed by atoms with van der Waals surface area (Å²) in [4.78, 5) is 12.3. The first-order valence-electron chi connectivity index (χ1n) is 9.26. The van der Waals surface area contributed by atoms with Crippen molar-refractivity contribution in [3.8, 4) is 11.5 Å². The molecule has 1 atom stereocenters. The van der Waals surface area contributed by atoms with Gasteiger partial charge >= 0.3 is 0 Å². The second kappa shape index (κ2) is 8.70. The Morgan fingerprint density at radius 2 is 2.04 bits per heavy atom. The predicted molar refractivity (Wildman–Crippen MR) is 111 cm³/mol. The number of carbonyl (C=O) groups excluding carboxylic acids is 1. The molecular weight excluding hydrogens is 358 g/mol. The average molecular weight is 386 g/mol. The maximum atomic E-state index is 12.3. The van der Waals surface area contributed by atoms with E-state index in [0.29, 0.717) is 12.3 Å². The van der Waals surface area contributed by atoms with E-state index in [2.05, 4.69) is 31.3 Å². The van der Waals surface area contributed by atoms with Gasteiger partial charge in [0.15, 0.2) is 0 Å². The number of fused-ring (bicyclic) bond motifs is 1. The van der Waals surface area contributed by atoms with Crippen LogP contribution < -0.4 is 14.8 Å². The lowest BCUT2D eigenvalue weighted by atomic mass is 9.93. The van der Waals surface area contributed by atoms with Gasteiger partial charge in [-0.15, -0.1) is 11.8 Å². The van der Waals surface area contributed by atoms with Crippen molar-refractivity contribution < 1.29 is 14.3 Å². The number of rotatable bonds is 7. The summed E-state index contributed by atoms with van der Waals surface area (Å²) in [7, 11) is 1.66. The molecule has 1 amide bonds. The van der Waals surface area contributed by atoms with E-state index >= 15 is 0 Å². The molecule has 144 valence electrons. The van der Waals surface area contributed by atoms with Crippen LogP contribution in [0.2, 0.25) is 0 Å². The fourth-order valence-corrected chi connectivity index (χ4v) is 4.60. The van der Waals surface area contributed by atoms with Crippen molar-refractivity contribution in [3.05, 3.63) is 59.7 Å². The maximum Gasteiger partial charge on any atom is 0.230 e. The fraction of sp³-hybridized carbons (Fsp3) is 0.409. The molecule has 0 spiro atoms. The lowest BCUT2D eigenvalue weighted by Crippen LogP contribution is -2.34. The van der Waals surface area contributed by atoms with Crippen LogP contribution in [-0.2, 0) is 11.2 Å². The van der Waals surface area contributed by atoms with Crippen LogP contribution in [0.3, 0.4) is 0 Å². The molecule has 0 saturated heterocycles. The summed E-state index contributed by atoms with van der Waals surface area (Å²) in [6, 6.07) is 16.1. The van der Waals surface area contributed by atoms with Gasteiger partial charge in [0.2, 0.25) is 5.91 Å². The van der Waals surface area contributed by atoms with Gasteiger partial charge in [-0.05, 0) is 44.0 Å². The van der Waals surface area contributed by atoms with Crippen LogP contribution in [0.25, 0.3) is 0 Å². The molecule has 4 nitrogen and oxygen atoms in total. The van der Waals surface area contributed by atoms with Gasteiger partial charge in [-0.25, -0.2) is 0 Å². The monoisotopic (exact) mass is 385 g/mol. The number of nitrogens with one attached hydrogen (secondary N) is 1. The zero-order valence-corrected chi connectivity index (χ0v) is 17.0. The van der Waals surface area contributed by atoms with E-state index in [0.717, 1.165) is 29.9 Å². The molecule has 0 fully saturated rings. The van der Waals surface area contributed by atoms with Gasteiger partial charge in [-0.1, -0.05) is 30.3 Å². The third kappa shape index (κ3) is 5.42. The second-order valence-corrected chi connectivity index (χ2v) is 8.55. The fourth-order valence-electron chi connectivity index (χ4n) is 3.26. The number of amides is 1. The Labute approximate surface area is 165 Å². The number of thioether (sulfide) groups is 1. The van der Waals surface area contributed by atoms with Crippen molar-refractivity contribution >= 4 is 17.7 Å². The summed E-state index contributed by atoms with van der Waals surface area (Å²) in [5.41, 5.74) is 2.09. The molecular formula is C22H27NO3S. The number of ether oxygens (including phenoxy) is 2. The van der Waals surface area contributed by atoms with Crippen molar-refractivity contribution in [2.45, 2.75) is 37.5 Å². The first-order chi connectivity index (χ1) is 13.0. The van der Waals surface area contributed by atoms with Crippen LogP contribution in [0.5, 0.6) is 11.5 Å². The Kier molecular flexibility index (Phi) is 6.32. The van der Waals surface area contributed by atoms with Crippen molar-refractivity contribution in [2.24, 2.45) is 0 Å². The topological polar surface area (TPSA) is 47.6 Å². The zero-order valence-electron chi connectivity index (χ0n) is 16.2. The molecule has 2 aromatic carbocycles. The van der Waals surface area contributed by atoms with Crippen LogP contribution >= 0.6 is 11.8 Å². The van der Waals surface area contributed by atoms with E-state index in [-0.39, 0.29) is 16.8 Å². The highest BCUT2D eigenvalue weighted by Gasteiger charge is 2.34. The van der Waals surface area contributed by atoms with E-state index < -0.39 is 0 Å². The van der Waals surface area contributed by atoms with Gasteiger partial charge < -0.3 is 14.8 Å². The minimum absolute atomic E-state index is 0.0738. The highest BCUT2D eigenvalue weighted by Crippen LogP contribution is 2.47. The van der Waals surface area contributed by atoms with Crippen molar-refractivity contribution in [3.63, 3.8) is 0 Å². The normalized spacial score (nSPS) is 17.5. The molecule has 1 aliphatic rings. The Morgan fingerprint density at radius 3 is 2.78 bits per heavy atom. The molecule has 0 unspecified atom stereocenters. The number of hydrogen-bond acceptors (Lipinski definition) is 4. The highest BCUT2D eigenvalue weighted by molar-refractivity contribution is 8.00. The van der Waals surface area contributed by atoms with Gasteiger partial charge in [0.1, 0.15) is 17.1 Å². The first-order valence-corrected chi connectivity index (χ1v) is 10.3. The van der Waals surface area contributed by atoms with E-state index in [1.807, 2.05) is 36.4 Å². The first kappa shape index (κ1) is 19.6. The Hall–Kier alpha value is -2.14.